The van der Waals surface area contributed by atoms with Crippen LogP contribution in [0.4, 0.5) is 8.78 Å². The van der Waals surface area contributed by atoms with Gasteiger partial charge in [-0.05, 0) is 36.4 Å². The first kappa shape index (κ1) is 13.5. The third-order valence-corrected chi connectivity index (χ3v) is 2.90. The minimum Gasteiger partial charge on any atom is -0.497 e. The molecule has 0 aliphatic carbocycles. The summed E-state index contributed by atoms with van der Waals surface area (Å²) in [6.45, 7) is 0. The Bertz CT molecular complexity index is 624. The zero-order chi connectivity index (χ0) is 14.0. The predicted molar refractivity (Wildman–Crippen MR) is 67.8 cm³/mol. The largest absolute Gasteiger partial charge is 0.497 e. The Labute approximate surface area is 113 Å². The molecule has 0 unspecified atom stereocenters. The maximum atomic E-state index is 13.6. The van der Waals surface area contributed by atoms with Crippen molar-refractivity contribution in [3.05, 3.63) is 64.2 Å². The summed E-state index contributed by atoms with van der Waals surface area (Å²) in [5.41, 5.74) is -0.117. The van der Waals surface area contributed by atoms with Gasteiger partial charge < -0.3 is 4.74 Å². The lowest BCUT2D eigenvalue weighted by Gasteiger charge is -2.05. The highest BCUT2D eigenvalue weighted by atomic mass is 35.5. The van der Waals surface area contributed by atoms with Gasteiger partial charge in [-0.25, -0.2) is 8.78 Å². The number of ketones is 1. The normalized spacial score (nSPS) is 10.3. The zero-order valence-electron chi connectivity index (χ0n) is 9.91. The molecule has 5 heteroatoms. The fraction of sp³-hybridized carbons (Fsp3) is 0.0714. The zero-order valence-corrected chi connectivity index (χ0v) is 10.7. The Balaban J connectivity index is 2.40. The van der Waals surface area contributed by atoms with Crippen LogP contribution in [0.2, 0.25) is 5.02 Å². The number of hydrogen-bond donors (Lipinski definition) is 0. The summed E-state index contributed by atoms with van der Waals surface area (Å²) in [4.78, 5) is 12.0. The van der Waals surface area contributed by atoms with Crippen molar-refractivity contribution in [1.29, 1.82) is 0 Å². The standard InChI is InChI=1S/C14H9ClF2O2/c1-19-9-4-2-8(3-5-9)14(18)10-6-13(17)11(15)7-12(10)16/h2-7H,1H3. The molecule has 19 heavy (non-hydrogen) atoms. The van der Waals surface area contributed by atoms with E-state index >= 15 is 0 Å². The third-order valence-electron chi connectivity index (χ3n) is 2.61. The Hall–Kier alpha value is -1.94. The summed E-state index contributed by atoms with van der Waals surface area (Å²) in [6, 6.07) is 7.67. The Morgan fingerprint density at radius 3 is 2.32 bits per heavy atom. The number of carbonyl (C=O) groups is 1. The Morgan fingerprint density at radius 1 is 1.11 bits per heavy atom. The number of rotatable bonds is 3. The van der Waals surface area contributed by atoms with Crippen molar-refractivity contribution in [3.63, 3.8) is 0 Å². The van der Waals surface area contributed by atoms with Crippen molar-refractivity contribution >= 4 is 17.4 Å². The molecule has 2 rings (SSSR count). The van der Waals surface area contributed by atoms with Crippen LogP contribution in [-0.4, -0.2) is 12.9 Å². The second-order valence-electron chi connectivity index (χ2n) is 3.80. The monoisotopic (exact) mass is 282 g/mol. The molecule has 0 aliphatic rings. The fourth-order valence-electron chi connectivity index (χ4n) is 1.59. The molecule has 0 aromatic heterocycles. The number of carbonyl (C=O) groups excluding carboxylic acids is 1. The van der Waals surface area contributed by atoms with Gasteiger partial charge in [-0.15, -0.1) is 0 Å². The first-order chi connectivity index (χ1) is 9.02. The van der Waals surface area contributed by atoms with E-state index in [1.165, 1.54) is 19.2 Å². The van der Waals surface area contributed by atoms with Crippen LogP contribution in [0.5, 0.6) is 5.75 Å². The molecule has 0 atom stereocenters. The quantitative estimate of drug-likeness (QED) is 0.631. The highest BCUT2D eigenvalue weighted by Crippen LogP contribution is 2.22. The van der Waals surface area contributed by atoms with Gasteiger partial charge in [0.2, 0.25) is 0 Å². The molecule has 0 aliphatic heterocycles. The maximum absolute atomic E-state index is 13.6. The summed E-state index contributed by atoms with van der Waals surface area (Å²) < 4.78 is 31.8. The molecule has 98 valence electrons. The van der Waals surface area contributed by atoms with Gasteiger partial charge in [0.1, 0.15) is 17.4 Å². The lowest BCUT2D eigenvalue weighted by Crippen LogP contribution is -2.05. The van der Waals surface area contributed by atoms with Crippen LogP contribution in [0.3, 0.4) is 0 Å². The van der Waals surface area contributed by atoms with Gasteiger partial charge in [-0.3, -0.25) is 4.79 Å². The molecule has 2 nitrogen and oxygen atoms in total. The van der Waals surface area contributed by atoms with E-state index in [0.717, 1.165) is 12.1 Å². The molecule has 0 bridgehead atoms. The first-order valence-corrected chi connectivity index (χ1v) is 5.74. The predicted octanol–water partition coefficient (Wildman–Crippen LogP) is 3.86. The van der Waals surface area contributed by atoms with Crippen molar-refractivity contribution in [1.82, 2.24) is 0 Å². The Morgan fingerprint density at radius 2 is 1.74 bits per heavy atom. The van der Waals surface area contributed by atoms with Gasteiger partial charge >= 0.3 is 0 Å². The lowest BCUT2D eigenvalue weighted by molar-refractivity contribution is 0.103. The summed E-state index contributed by atoms with van der Waals surface area (Å²) in [5, 5.41) is -0.358. The molecule has 2 aromatic carbocycles. The molecule has 0 saturated heterocycles. The lowest BCUT2D eigenvalue weighted by atomic mass is 10.0. The van der Waals surface area contributed by atoms with Crippen LogP contribution < -0.4 is 4.74 Å². The van der Waals surface area contributed by atoms with Crippen LogP contribution in [0, 0.1) is 11.6 Å². The van der Waals surface area contributed by atoms with E-state index in [1.54, 1.807) is 12.1 Å². The van der Waals surface area contributed by atoms with Gasteiger partial charge in [-0.2, -0.15) is 0 Å². The molecular weight excluding hydrogens is 274 g/mol. The molecule has 0 amide bonds. The van der Waals surface area contributed by atoms with E-state index in [9.17, 15) is 13.6 Å². The molecule has 2 aromatic rings. The van der Waals surface area contributed by atoms with E-state index < -0.39 is 17.4 Å². The summed E-state index contributed by atoms with van der Waals surface area (Å²) in [6.07, 6.45) is 0. The van der Waals surface area contributed by atoms with E-state index in [0.29, 0.717) is 5.75 Å². The third kappa shape index (κ3) is 2.74. The van der Waals surface area contributed by atoms with E-state index in [4.69, 9.17) is 16.3 Å². The van der Waals surface area contributed by atoms with Crippen LogP contribution in [-0.2, 0) is 0 Å². The highest BCUT2D eigenvalue weighted by molar-refractivity contribution is 6.30. The van der Waals surface area contributed by atoms with Crippen molar-refractivity contribution in [2.45, 2.75) is 0 Å². The smallest absolute Gasteiger partial charge is 0.196 e. The second kappa shape index (κ2) is 5.36. The molecular formula is C14H9ClF2O2. The summed E-state index contributed by atoms with van der Waals surface area (Å²) in [5.74, 6) is -1.73. The fourth-order valence-corrected chi connectivity index (χ4v) is 1.74. The van der Waals surface area contributed by atoms with Crippen LogP contribution in [0.1, 0.15) is 15.9 Å². The summed E-state index contributed by atoms with van der Waals surface area (Å²) in [7, 11) is 1.49. The van der Waals surface area contributed by atoms with Gasteiger partial charge in [0.15, 0.2) is 5.78 Å². The minimum atomic E-state index is -0.854. The number of methoxy groups -OCH3 is 1. The SMILES string of the molecule is COc1ccc(C(=O)c2cc(F)c(Cl)cc2F)cc1. The molecule has 0 fully saturated rings. The number of hydrogen-bond acceptors (Lipinski definition) is 2. The number of halogens is 3. The molecule has 0 N–H and O–H groups in total. The molecule has 0 saturated carbocycles. The Kier molecular flexibility index (Phi) is 3.81. The molecule has 0 radical (unpaired) electrons. The highest BCUT2D eigenvalue weighted by Gasteiger charge is 2.17. The number of benzene rings is 2. The van der Waals surface area contributed by atoms with Crippen molar-refractivity contribution in [2.75, 3.05) is 7.11 Å². The first-order valence-electron chi connectivity index (χ1n) is 5.36. The average molecular weight is 283 g/mol. The van der Waals surface area contributed by atoms with E-state index in [1.807, 2.05) is 0 Å². The van der Waals surface area contributed by atoms with E-state index in [-0.39, 0.29) is 16.1 Å². The van der Waals surface area contributed by atoms with Gasteiger partial charge in [0, 0.05) is 5.56 Å². The average Bonchev–Trinajstić information content (AvgIpc) is 2.42. The van der Waals surface area contributed by atoms with Gasteiger partial charge in [0.05, 0.1) is 17.7 Å². The van der Waals surface area contributed by atoms with Crippen molar-refractivity contribution in [2.24, 2.45) is 0 Å². The molecule has 0 heterocycles. The van der Waals surface area contributed by atoms with Crippen LogP contribution in [0.15, 0.2) is 36.4 Å². The van der Waals surface area contributed by atoms with E-state index in [2.05, 4.69) is 0 Å². The number of ether oxygens (including phenoxy) is 1. The van der Waals surface area contributed by atoms with Gasteiger partial charge in [-0.1, -0.05) is 11.6 Å². The topological polar surface area (TPSA) is 26.3 Å². The summed E-state index contributed by atoms with van der Waals surface area (Å²) >= 11 is 5.43. The maximum Gasteiger partial charge on any atom is 0.196 e. The molecule has 0 spiro atoms. The van der Waals surface area contributed by atoms with Gasteiger partial charge in [0.25, 0.3) is 0 Å². The minimum absolute atomic E-state index is 0.237. The van der Waals surface area contributed by atoms with Crippen LogP contribution >= 0.6 is 11.6 Å². The van der Waals surface area contributed by atoms with Crippen molar-refractivity contribution in [3.8, 4) is 5.75 Å². The van der Waals surface area contributed by atoms with Crippen molar-refractivity contribution < 1.29 is 18.3 Å². The van der Waals surface area contributed by atoms with Crippen LogP contribution in [0.25, 0.3) is 0 Å². The second-order valence-corrected chi connectivity index (χ2v) is 4.21.